The maximum atomic E-state index is 15.4. The van der Waals surface area contributed by atoms with Crippen LogP contribution < -0.4 is 30.2 Å². The Morgan fingerprint density at radius 3 is 0.906 bits per heavy atom. The van der Waals surface area contributed by atoms with Crippen LogP contribution in [-0.2, 0) is 33.8 Å². The van der Waals surface area contributed by atoms with Crippen molar-refractivity contribution < 1.29 is 57.2 Å². The fourth-order valence-corrected chi connectivity index (χ4v) is 11.5. The molecular weight excluding hydrogens is 1220 g/mol. The van der Waals surface area contributed by atoms with E-state index in [-0.39, 0.29) is 71.7 Å². The van der Waals surface area contributed by atoms with E-state index >= 15 is 14.4 Å². The molecule has 0 unspecified atom stereocenters. The average molecular weight is 1310 g/mol. The van der Waals surface area contributed by atoms with Crippen LogP contribution in [0.4, 0.5) is 14.4 Å². The highest BCUT2D eigenvalue weighted by atomic mass is 16.7. The van der Waals surface area contributed by atoms with Crippen molar-refractivity contribution in [1.29, 1.82) is 0 Å². The smallest absolute Gasteiger partial charge is 0.428 e. The topological polar surface area (TPSA) is 286 Å². The number of hydrogen-bond acceptors (Lipinski definition) is 18. The number of hydrogen-bond donors (Lipinski definition) is 3. The largest absolute Gasteiger partial charge is 0.514 e. The molecule has 6 bridgehead atoms. The van der Waals surface area contributed by atoms with Crippen LogP contribution in [0.25, 0.3) is 32.7 Å². The number of ether oxygens (including phenoxy) is 6. The van der Waals surface area contributed by atoms with Gasteiger partial charge in [-0.05, 0) is 154 Å². The molecule has 10 rings (SSSR count). The van der Waals surface area contributed by atoms with Crippen molar-refractivity contribution in [3.05, 3.63) is 160 Å². The number of pyridine rings is 3. The van der Waals surface area contributed by atoms with Gasteiger partial charge in [-0.3, -0.25) is 29.3 Å². The third-order valence-electron chi connectivity index (χ3n) is 16.1. The Hall–Kier alpha value is -10.3. The first-order valence-electron chi connectivity index (χ1n) is 32.1. The fraction of sp³-hybridized carbons (Fsp3) is 0.417. The molecule has 3 amide bonds. The molecule has 0 radical (unpaired) electrons. The van der Waals surface area contributed by atoms with E-state index < -0.39 is 71.1 Å². The van der Waals surface area contributed by atoms with Crippen molar-refractivity contribution in [2.45, 2.75) is 179 Å². The van der Waals surface area contributed by atoms with Crippen molar-refractivity contribution in [3.8, 4) is 17.2 Å². The zero-order valence-electron chi connectivity index (χ0n) is 57.7. The number of para-hydroxylation sites is 3. The summed E-state index contributed by atoms with van der Waals surface area (Å²) in [4.78, 5) is 115. The number of carbonyl (C=O) groups is 6. The zero-order chi connectivity index (χ0) is 69.6. The molecule has 7 heterocycles. The van der Waals surface area contributed by atoms with Crippen LogP contribution >= 0.6 is 0 Å². The minimum atomic E-state index is -0.876. The van der Waals surface area contributed by atoms with Gasteiger partial charge in [0.1, 0.15) is 67.9 Å². The summed E-state index contributed by atoms with van der Waals surface area (Å²) in [6.45, 7) is 33.2. The first-order chi connectivity index (χ1) is 45.1. The van der Waals surface area contributed by atoms with Crippen LogP contribution in [0.2, 0.25) is 0 Å². The SMILES string of the molecule is Cc1c2nc(n1Cc1cnc3c(OC(=O)OC(C)(C)C)cccc3c1)[C@H](C(C)C)NC(=O)c1nc(n(Cc3cnc4c(OC(=O)OC(C)(C)C)cccc4c3)c1C)[C@H](C(C)C)NC(=O)c1nc(n(Cc3cnc4c(OC(=O)OC(C)(C)C)cccc4c3)c1C)[C@H](C(C)C)NC2=O. The standard InChI is InChI=1S/C72H84N12O12/c1-37(2)52-61-76-56(40(7)82(61)34-43-28-46-22-19-25-49(58(46)73-31-43)91-67(88)94-70(10,11)12)65(86)80-54(39(5)6)63-78-57(42(9)84(63)36-45-30-48-24-21-27-51(60(48)75-33-45)93-69(90)96-72(16,17)18)66(87)81-53(38(3)4)62-77-55(64(85)79-52)41(8)83(62)35-44-29-47-23-20-26-50(59(47)74-32-44)92-68(89)95-71(13,14)15/h19-33,37-39,52-54H,34-36H2,1-18H3,(H,79,85)(H,80,86)(H,81,87)/t52-,53-,54-/m0/s1. The predicted octanol–water partition coefficient (Wildman–Crippen LogP) is 13.6. The lowest BCUT2D eigenvalue weighted by atomic mass is 10.0. The molecule has 0 saturated heterocycles. The number of carbonyl (C=O) groups excluding carboxylic acids is 6. The molecule has 24 nitrogen and oxygen atoms in total. The average Bonchev–Trinajstić information content (AvgIpc) is 1.54. The fourth-order valence-electron chi connectivity index (χ4n) is 11.5. The first-order valence-corrected chi connectivity index (χ1v) is 32.1. The Morgan fingerprint density at radius 2 is 0.677 bits per heavy atom. The molecule has 3 N–H and O–H groups in total. The minimum Gasteiger partial charge on any atom is -0.428 e. The molecule has 0 saturated carbocycles. The zero-order valence-corrected chi connectivity index (χ0v) is 57.7. The van der Waals surface area contributed by atoms with Gasteiger partial charge in [-0.25, -0.2) is 29.3 Å². The van der Waals surface area contributed by atoms with Gasteiger partial charge in [0, 0.05) is 51.8 Å². The van der Waals surface area contributed by atoms with Crippen molar-refractivity contribution in [2.75, 3.05) is 0 Å². The second-order valence-corrected chi connectivity index (χ2v) is 28.3. The molecule has 9 aromatic rings. The van der Waals surface area contributed by atoms with E-state index in [2.05, 4.69) is 16.0 Å². The molecule has 1 aliphatic heterocycles. The van der Waals surface area contributed by atoms with Gasteiger partial charge in [0.15, 0.2) is 17.2 Å². The lowest BCUT2D eigenvalue weighted by Crippen LogP contribution is -2.36. The molecular formula is C72H84N12O12. The number of rotatable bonds is 12. The van der Waals surface area contributed by atoms with Crippen LogP contribution in [0.5, 0.6) is 17.2 Å². The van der Waals surface area contributed by atoms with Crippen LogP contribution in [0.15, 0.2) is 91.4 Å². The van der Waals surface area contributed by atoms with Crippen LogP contribution in [0.3, 0.4) is 0 Å². The molecule has 0 fully saturated rings. The number of amides is 3. The monoisotopic (exact) mass is 1310 g/mol. The Kier molecular flexibility index (Phi) is 19.2. The number of imidazole rings is 3. The molecule has 6 aromatic heterocycles. The van der Waals surface area contributed by atoms with E-state index in [1.165, 1.54) is 0 Å². The van der Waals surface area contributed by atoms with Crippen LogP contribution in [0.1, 0.15) is 205 Å². The van der Waals surface area contributed by atoms with Crippen LogP contribution in [-0.4, -0.2) is 96.6 Å². The summed E-state index contributed by atoms with van der Waals surface area (Å²) in [5.41, 5.74) is 2.59. The van der Waals surface area contributed by atoms with Gasteiger partial charge in [0.2, 0.25) is 0 Å². The van der Waals surface area contributed by atoms with Crippen molar-refractivity contribution in [1.82, 2.24) is 59.6 Å². The van der Waals surface area contributed by atoms with Gasteiger partial charge >= 0.3 is 18.5 Å². The minimum absolute atomic E-state index is 0.0735. The maximum absolute atomic E-state index is 15.4. The maximum Gasteiger partial charge on any atom is 0.514 e. The van der Waals surface area contributed by atoms with Gasteiger partial charge in [-0.15, -0.1) is 0 Å². The van der Waals surface area contributed by atoms with Gasteiger partial charge in [0.25, 0.3) is 17.7 Å². The number of nitrogens with zero attached hydrogens (tertiary/aromatic N) is 9. The van der Waals surface area contributed by atoms with Crippen LogP contribution in [0, 0.1) is 38.5 Å². The van der Waals surface area contributed by atoms with E-state index in [0.717, 1.165) is 0 Å². The van der Waals surface area contributed by atoms with Gasteiger partial charge < -0.3 is 58.1 Å². The van der Waals surface area contributed by atoms with Gasteiger partial charge in [-0.2, -0.15) is 0 Å². The Bertz CT molecular complexity index is 4070. The molecule has 0 aliphatic carbocycles. The third-order valence-corrected chi connectivity index (χ3v) is 16.1. The van der Waals surface area contributed by atoms with E-state index in [1.807, 2.05) is 91.6 Å². The Balaban J connectivity index is 1.12. The lowest BCUT2D eigenvalue weighted by molar-refractivity contribution is 0.0195. The molecule has 3 atom stereocenters. The Labute approximate surface area is 557 Å². The quantitative estimate of drug-likeness (QED) is 0.0582. The molecule has 24 heteroatoms. The second-order valence-electron chi connectivity index (χ2n) is 28.3. The third kappa shape index (κ3) is 15.3. The van der Waals surface area contributed by atoms with Crippen molar-refractivity contribution in [3.63, 3.8) is 0 Å². The molecule has 0 spiro atoms. The summed E-state index contributed by atoms with van der Waals surface area (Å²) in [6, 6.07) is 18.9. The predicted molar refractivity (Wildman–Crippen MR) is 359 cm³/mol. The summed E-state index contributed by atoms with van der Waals surface area (Å²) in [5, 5.41) is 11.8. The first kappa shape index (κ1) is 68.6. The van der Waals surface area contributed by atoms with E-state index in [4.69, 9.17) is 58.3 Å². The molecule has 3 aromatic carbocycles. The lowest BCUT2D eigenvalue weighted by Gasteiger charge is -2.23. The summed E-state index contributed by atoms with van der Waals surface area (Å²) >= 11 is 0. The molecule has 1 aliphatic rings. The Morgan fingerprint density at radius 1 is 0.427 bits per heavy atom. The molecule has 504 valence electrons. The van der Waals surface area contributed by atoms with E-state index in [1.54, 1.807) is 138 Å². The molecule has 96 heavy (non-hydrogen) atoms. The van der Waals surface area contributed by atoms with Gasteiger partial charge in [-0.1, -0.05) is 77.9 Å². The van der Waals surface area contributed by atoms with E-state index in [9.17, 15) is 14.4 Å². The number of benzene rings is 3. The van der Waals surface area contributed by atoms with E-state index in [0.29, 0.717) is 84.0 Å². The summed E-state index contributed by atoms with van der Waals surface area (Å²) < 4.78 is 39.0. The van der Waals surface area contributed by atoms with Crippen molar-refractivity contribution in [2.24, 2.45) is 17.8 Å². The summed E-state index contributed by atoms with van der Waals surface area (Å²) in [5.74, 6) is -0.893. The second kappa shape index (κ2) is 26.9. The number of aromatic nitrogens is 9. The summed E-state index contributed by atoms with van der Waals surface area (Å²) in [6.07, 6.45) is 2.35. The normalized spacial score (nSPS) is 15.7. The number of fused-ring (bicyclic) bond motifs is 9. The highest BCUT2D eigenvalue weighted by molar-refractivity contribution is 5.96. The summed E-state index contributed by atoms with van der Waals surface area (Å²) in [7, 11) is 0. The van der Waals surface area contributed by atoms with Gasteiger partial charge in [0.05, 0.1) is 37.8 Å². The van der Waals surface area contributed by atoms with Crippen molar-refractivity contribution >= 4 is 68.9 Å². The number of nitrogens with one attached hydrogen (secondary N) is 3. The highest BCUT2D eigenvalue weighted by Crippen LogP contribution is 2.35. The highest BCUT2D eigenvalue weighted by Gasteiger charge is 2.37.